The minimum absolute atomic E-state index is 0.184. The molecule has 0 amide bonds. The van der Waals surface area contributed by atoms with E-state index in [1.165, 1.54) is 16.8 Å². The van der Waals surface area contributed by atoms with Crippen molar-refractivity contribution in [2.45, 2.75) is 6.54 Å². The lowest BCUT2D eigenvalue weighted by atomic mass is 10.1. The van der Waals surface area contributed by atoms with E-state index in [2.05, 4.69) is 23.5 Å². The number of rotatable bonds is 2. The molecule has 0 spiro atoms. The average Bonchev–Trinajstić information content (AvgIpc) is 2.42. The predicted octanol–water partition coefficient (Wildman–Crippen LogP) is 2.75. The molecule has 0 aliphatic heterocycles. The average molecular weight is 271 g/mol. The van der Waals surface area contributed by atoms with Crippen molar-refractivity contribution >= 4 is 11.6 Å². The first-order valence-corrected chi connectivity index (χ1v) is 6.02. The van der Waals surface area contributed by atoms with Crippen LogP contribution in [0.5, 0.6) is 0 Å². The van der Waals surface area contributed by atoms with Gasteiger partial charge in [-0.25, -0.2) is 4.68 Å². The van der Waals surface area contributed by atoms with Gasteiger partial charge in [-0.05, 0) is 24.3 Å². The van der Waals surface area contributed by atoms with Crippen LogP contribution < -0.4 is 5.56 Å². The van der Waals surface area contributed by atoms with Gasteiger partial charge in [0.15, 0.2) is 0 Å². The third kappa shape index (κ3) is 3.34. The normalized spacial score (nSPS) is 9.53. The molecule has 0 saturated heterocycles. The fourth-order valence-electron chi connectivity index (χ4n) is 1.53. The summed E-state index contributed by atoms with van der Waals surface area (Å²) in [7, 11) is 0. The second-order valence-electron chi connectivity index (χ2n) is 3.75. The lowest BCUT2D eigenvalue weighted by molar-refractivity contribution is 0.667. The summed E-state index contributed by atoms with van der Waals surface area (Å²) in [6.07, 6.45) is 1.48. The zero-order valence-electron chi connectivity index (χ0n) is 10.1. The molecule has 4 heteroatoms. The van der Waals surface area contributed by atoms with Crippen LogP contribution >= 0.6 is 11.6 Å². The molecule has 0 N–H and O–H groups in total. The highest BCUT2D eigenvalue weighted by atomic mass is 35.5. The number of hydrogen-bond donors (Lipinski definition) is 0. The van der Waals surface area contributed by atoms with E-state index in [0.29, 0.717) is 10.7 Å². The number of hydrogen-bond acceptors (Lipinski definition) is 2. The van der Waals surface area contributed by atoms with Gasteiger partial charge in [-0.15, -0.1) is 0 Å². The predicted molar refractivity (Wildman–Crippen MR) is 76.9 cm³/mol. The van der Waals surface area contributed by atoms with E-state index >= 15 is 0 Å². The van der Waals surface area contributed by atoms with Gasteiger partial charge in [-0.2, -0.15) is 5.10 Å². The highest BCUT2D eigenvalue weighted by Crippen LogP contribution is 2.18. The van der Waals surface area contributed by atoms with Gasteiger partial charge < -0.3 is 0 Å². The number of halogens is 1. The van der Waals surface area contributed by atoms with Crippen molar-refractivity contribution in [3.63, 3.8) is 0 Å². The van der Waals surface area contributed by atoms with Gasteiger partial charge in [0, 0.05) is 16.7 Å². The molecule has 2 rings (SSSR count). The van der Waals surface area contributed by atoms with Crippen LogP contribution in [0.4, 0.5) is 0 Å². The molecule has 1 aromatic heterocycles. The summed E-state index contributed by atoms with van der Waals surface area (Å²) in [5, 5.41) is 4.93. The summed E-state index contributed by atoms with van der Waals surface area (Å²) in [6.45, 7) is 3.74. The van der Waals surface area contributed by atoms with Gasteiger partial charge in [0.1, 0.15) is 6.54 Å². The quantitative estimate of drug-likeness (QED) is 0.787. The van der Waals surface area contributed by atoms with E-state index in [-0.39, 0.29) is 12.1 Å². The van der Waals surface area contributed by atoms with E-state index in [1.807, 2.05) is 12.1 Å². The molecule has 94 valence electrons. The molecule has 3 nitrogen and oxygen atoms in total. The maximum atomic E-state index is 11.6. The molecule has 1 heterocycles. The molecule has 0 bridgehead atoms. The smallest absolute Gasteiger partial charge is 0.267 e. The molecule has 0 aliphatic rings. The summed E-state index contributed by atoms with van der Waals surface area (Å²) < 4.78 is 1.32. The fourth-order valence-corrected chi connectivity index (χ4v) is 1.66. The molecule has 0 saturated carbocycles. The Morgan fingerprint density at radius 1 is 1.26 bits per heavy atom. The maximum Gasteiger partial charge on any atom is 0.267 e. The number of nitrogens with zero attached hydrogens (tertiary/aromatic N) is 2. The standard InChI is InChI=1S/C15H11ClN2O/c1-2-3-4-11-18-15(19)10-9-14(17-18)12-5-7-13(16)8-6-12/h2,5-10H,1,11H2. The van der Waals surface area contributed by atoms with E-state index in [9.17, 15) is 4.79 Å². The Labute approximate surface area is 116 Å². The van der Waals surface area contributed by atoms with Gasteiger partial charge in [-0.3, -0.25) is 4.79 Å². The van der Waals surface area contributed by atoms with Crippen molar-refractivity contribution in [3.05, 3.63) is 64.4 Å². The Balaban J connectivity index is 2.37. The molecule has 0 aliphatic carbocycles. The van der Waals surface area contributed by atoms with Crippen LogP contribution in [0.3, 0.4) is 0 Å². The largest absolute Gasteiger partial charge is 0.268 e. The van der Waals surface area contributed by atoms with Crippen LogP contribution in [-0.2, 0) is 6.54 Å². The van der Waals surface area contributed by atoms with Crippen LogP contribution in [0.1, 0.15) is 0 Å². The Morgan fingerprint density at radius 3 is 2.68 bits per heavy atom. The Hall–Kier alpha value is -2.31. The molecular formula is C15H11ClN2O. The second-order valence-corrected chi connectivity index (χ2v) is 4.18. The number of aromatic nitrogens is 2. The molecule has 0 atom stereocenters. The first-order valence-electron chi connectivity index (χ1n) is 5.64. The minimum atomic E-state index is -0.184. The number of allylic oxidation sites excluding steroid dienone is 1. The number of benzene rings is 1. The molecule has 0 radical (unpaired) electrons. The van der Waals surface area contributed by atoms with Crippen molar-refractivity contribution < 1.29 is 0 Å². The van der Waals surface area contributed by atoms with Gasteiger partial charge in [0.05, 0.1) is 5.69 Å². The van der Waals surface area contributed by atoms with Crippen LogP contribution in [0.25, 0.3) is 11.3 Å². The van der Waals surface area contributed by atoms with Gasteiger partial charge >= 0.3 is 0 Å². The molecule has 1 aromatic carbocycles. The van der Waals surface area contributed by atoms with Crippen molar-refractivity contribution in [1.82, 2.24) is 9.78 Å². The first-order chi connectivity index (χ1) is 9.20. The van der Waals surface area contributed by atoms with Crippen molar-refractivity contribution in [2.24, 2.45) is 0 Å². The molecule has 0 fully saturated rings. The van der Waals surface area contributed by atoms with Crippen LogP contribution in [0, 0.1) is 11.8 Å². The second kappa shape index (κ2) is 6.03. The maximum absolute atomic E-state index is 11.6. The molecule has 0 unspecified atom stereocenters. The first kappa shape index (κ1) is 13.1. The molecular weight excluding hydrogens is 260 g/mol. The monoisotopic (exact) mass is 270 g/mol. The minimum Gasteiger partial charge on any atom is -0.268 e. The Morgan fingerprint density at radius 2 is 2.00 bits per heavy atom. The lowest BCUT2D eigenvalue weighted by Crippen LogP contribution is -2.21. The summed E-state index contributed by atoms with van der Waals surface area (Å²) in [4.78, 5) is 11.6. The highest BCUT2D eigenvalue weighted by molar-refractivity contribution is 6.30. The summed E-state index contributed by atoms with van der Waals surface area (Å²) in [5.74, 6) is 5.48. The van der Waals surface area contributed by atoms with E-state index < -0.39 is 0 Å². The highest BCUT2D eigenvalue weighted by Gasteiger charge is 2.02. The lowest BCUT2D eigenvalue weighted by Gasteiger charge is -2.04. The van der Waals surface area contributed by atoms with E-state index in [4.69, 9.17) is 11.6 Å². The third-order valence-electron chi connectivity index (χ3n) is 2.44. The van der Waals surface area contributed by atoms with Gasteiger partial charge in [0.2, 0.25) is 0 Å². The third-order valence-corrected chi connectivity index (χ3v) is 2.69. The van der Waals surface area contributed by atoms with Crippen molar-refractivity contribution in [3.8, 4) is 23.1 Å². The van der Waals surface area contributed by atoms with E-state index in [1.54, 1.807) is 18.2 Å². The van der Waals surface area contributed by atoms with Crippen molar-refractivity contribution in [1.29, 1.82) is 0 Å². The Kier molecular flexibility index (Phi) is 4.17. The van der Waals surface area contributed by atoms with Gasteiger partial charge in [0.25, 0.3) is 5.56 Å². The summed E-state index contributed by atoms with van der Waals surface area (Å²) in [5.41, 5.74) is 1.42. The summed E-state index contributed by atoms with van der Waals surface area (Å²) in [6, 6.07) is 10.4. The van der Waals surface area contributed by atoms with Gasteiger partial charge in [-0.1, -0.05) is 42.2 Å². The molecule has 19 heavy (non-hydrogen) atoms. The van der Waals surface area contributed by atoms with E-state index in [0.717, 1.165) is 5.56 Å². The molecule has 2 aromatic rings. The Bertz CT molecular complexity index is 705. The fraction of sp³-hybridized carbons (Fsp3) is 0.0667. The zero-order valence-corrected chi connectivity index (χ0v) is 10.9. The van der Waals surface area contributed by atoms with Crippen LogP contribution in [0.15, 0.2) is 53.8 Å². The van der Waals surface area contributed by atoms with Crippen LogP contribution in [0.2, 0.25) is 5.02 Å². The topological polar surface area (TPSA) is 34.9 Å². The van der Waals surface area contributed by atoms with Crippen molar-refractivity contribution in [2.75, 3.05) is 0 Å². The SMILES string of the molecule is C=CC#CCn1nc(-c2ccc(Cl)cc2)ccc1=O. The van der Waals surface area contributed by atoms with Crippen LogP contribution in [-0.4, -0.2) is 9.78 Å². The zero-order chi connectivity index (χ0) is 13.7. The summed E-state index contributed by atoms with van der Waals surface area (Å²) >= 11 is 5.84.